The molecular formula is C10H12ClN. The summed E-state index contributed by atoms with van der Waals surface area (Å²) in [4.78, 5) is 3.35. The molecule has 0 fully saturated rings. The zero-order valence-corrected chi connectivity index (χ0v) is 7.82. The Hall–Kier alpha value is -0.950. The summed E-state index contributed by atoms with van der Waals surface area (Å²) in [6, 6.07) is 10.6. The Morgan fingerprint density at radius 2 is 2.00 bits per heavy atom. The van der Waals surface area contributed by atoms with Gasteiger partial charge in [0.1, 0.15) is 0 Å². The fraction of sp³-hybridized carbons (Fsp3) is 0.200. The van der Waals surface area contributed by atoms with Gasteiger partial charge in [-0.15, -0.1) is 12.4 Å². The predicted molar refractivity (Wildman–Crippen MR) is 54.9 cm³/mol. The molecule has 1 heterocycles. The number of fused-ring (bicyclic) bond motifs is 1. The molecule has 1 aromatic carbocycles. The Morgan fingerprint density at radius 1 is 1.25 bits per heavy atom. The first-order valence-corrected chi connectivity index (χ1v) is 3.97. The molecule has 1 N–H and O–H groups in total. The molecule has 0 amide bonds. The quantitative estimate of drug-likeness (QED) is 0.696. The molecule has 1 nitrogen and oxygen atoms in total. The highest BCUT2D eigenvalue weighted by atomic mass is 35.5. The highest BCUT2D eigenvalue weighted by Gasteiger charge is 1.95. The van der Waals surface area contributed by atoms with E-state index in [9.17, 15) is 0 Å². The van der Waals surface area contributed by atoms with Gasteiger partial charge in [0, 0.05) is 11.2 Å². The first-order chi connectivity index (χ1) is 5.40. The Kier molecular flexibility index (Phi) is 2.77. The van der Waals surface area contributed by atoms with Gasteiger partial charge < -0.3 is 4.98 Å². The molecule has 12 heavy (non-hydrogen) atoms. The molecule has 64 valence electrons. The van der Waals surface area contributed by atoms with E-state index < -0.39 is 0 Å². The molecule has 1 aromatic heterocycles. The van der Waals surface area contributed by atoms with E-state index in [1.165, 1.54) is 16.6 Å². The lowest BCUT2D eigenvalue weighted by Crippen LogP contribution is -1.74. The Labute approximate surface area is 78.2 Å². The molecule has 0 radical (unpaired) electrons. The average molecular weight is 182 g/mol. The van der Waals surface area contributed by atoms with Crippen LogP contribution in [0.5, 0.6) is 0 Å². The summed E-state index contributed by atoms with van der Waals surface area (Å²) >= 11 is 0. The third kappa shape index (κ3) is 1.46. The van der Waals surface area contributed by atoms with Gasteiger partial charge in [0.2, 0.25) is 0 Å². The van der Waals surface area contributed by atoms with Gasteiger partial charge in [-0.05, 0) is 23.9 Å². The lowest BCUT2D eigenvalue weighted by molar-refractivity contribution is 1.07. The minimum Gasteiger partial charge on any atom is -0.358 e. The number of benzene rings is 1. The van der Waals surface area contributed by atoms with Crippen molar-refractivity contribution in [1.29, 1.82) is 0 Å². The normalized spacial score (nSPS) is 9.75. The lowest BCUT2D eigenvalue weighted by Gasteiger charge is -1.85. The zero-order valence-electron chi connectivity index (χ0n) is 7.00. The van der Waals surface area contributed by atoms with Crippen molar-refractivity contribution in [2.45, 2.75) is 13.3 Å². The van der Waals surface area contributed by atoms with Gasteiger partial charge in [-0.2, -0.15) is 0 Å². The van der Waals surface area contributed by atoms with Crippen LogP contribution in [0, 0.1) is 0 Å². The predicted octanol–water partition coefficient (Wildman–Crippen LogP) is 3.15. The number of H-pyrrole nitrogens is 1. The minimum atomic E-state index is 0. The van der Waals surface area contributed by atoms with E-state index in [1.54, 1.807) is 0 Å². The standard InChI is InChI=1S/C10H11N.ClH/c1-2-9-7-8-5-3-4-6-10(8)11-9;/h3-7,11H,2H2,1H3;1H. The molecule has 0 atom stereocenters. The molecule has 0 unspecified atom stereocenters. The second-order valence-corrected chi connectivity index (χ2v) is 2.74. The average Bonchev–Trinajstić information content (AvgIpc) is 2.46. The smallest absolute Gasteiger partial charge is 0.0456 e. The molecule has 0 aliphatic rings. The maximum absolute atomic E-state index is 3.35. The summed E-state index contributed by atoms with van der Waals surface area (Å²) in [5.74, 6) is 0. The number of hydrogen-bond donors (Lipinski definition) is 1. The van der Waals surface area contributed by atoms with Crippen LogP contribution in [0.25, 0.3) is 10.9 Å². The highest BCUT2D eigenvalue weighted by molar-refractivity contribution is 5.85. The summed E-state index contributed by atoms with van der Waals surface area (Å²) in [6.07, 6.45) is 1.08. The Balaban J connectivity index is 0.000000720. The third-order valence-corrected chi connectivity index (χ3v) is 1.97. The largest absolute Gasteiger partial charge is 0.358 e. The van der Waals surface area contributed by atoms with Crippen LogP contribution >= 0.6 is 12.4 Å². The van der Waals surface area contributed by atoms with Gasteiger partial charge >= 0.3 is 0 Å². The Morgan fingerprint density at radius 3 is 2.67 bits per heavy atom. The van der Waals surface area contributed by atoms with Gasteiger partial charge in [-0.25, -0.2) is 0 Å². The van der Waals surface area contributed by atoms with Crippen LogP contribution in [0.2, 0.25) is 0 Å². The fourth-order valence-electron chi connectivity index (χ4n) is 1.32. The number of aromatic amines is 1. The third-order valence-electron chi connectivity index (χ3n) is 1.97. The van der Waals surface area contributed by atoms with E-state index >= 15 is 0 Å². The second kappa shape index (κ2) is 3.63. The van der Waals surface area contributed by atoms with Crippen molar-refractivity contribution >= 4 is 23.3 Å². The molecule has 2 heteroatoms. The molecular weight excluding hydrogens is 170 g/mol. The van der Waals surface area contributed by atoms with Crippen LogP contribution in [0.1, 0.15) is 12.6 Å². The van der Waals surface area contributed by atoms with E-state index in [4.69, 9.17) is 0 Å². The van der Waals surface area contributed by atoms with Gasteiger partial charge in [0.15, 0.2) is 0 Å². The summed E-state index contributed by atoms with van der Waals surface area (Å²) in [5.41, 5.74) is 2.55. The van der Waals surface area contributed by atoms with Gasteiger partial charge in [-0.3, -0.25) is 0 Å². The SMILES string of the molecule is CCc1cc2ccccc2[nH]1.Cl. The zero-order chi connectivity index (χ0) is 7.68. The van der Waals surface area contributed by atoms with Crippen LogP contribution in [-0.2, 0) is 6.42 Å². The first kappa shape index (κ1) is 9.14. The number of hydrogen-bond acceptors (Lipinski definition) is 0. The monoisotopic (exact) mass is 181 g/mol. The van der Waals surface area contributed by atoms with Crippen molar-refractivity contribution in [3.05, 3.63) is 36.0 Å². The lowest BCUT2D eigenvalue weighted by atomic mass is 10.2. The number of nitrogens with one attached hydrogen (secondary N) is 1. The van der Waals surface area contributed by atoms with E-state index in [1.807, 2.05) is 0 Å². The molecule has 0 spiro atoms. The van der Waals surface area contributed by atoms with Crippen molar-refractivity contribution in [1.82, 2.24) is 4.98 Å². The molecule has 0 aliphatic carbocycles. The van der Waals surface area contributed by atoms with Crippen LogP contribution in [0.3, 0.4) is 0 Å². The number of aryl methyl sites for hydroxylation is 1. The number of aromatic nitrogens is 1. The summed E-state index contributed by atoms with van der Waals surface area (Å²) in [5, 5.41) is 1.31. The topological polar surface area (TPSA) is 15.8 Å². The van der Waals surface area contributed by atoms with Crippen molar-refractivity contribution in [3.8, 4) is 0 Å². The summed E-state index contributed by atoms with van der Waals surface area (Å²) in [6.45, 7) is 2.16. The number of halogens is 1. The van der Waals surface area contributed by atoms with E-state index in [0.717, 1.165) is 6.42 Å². The van der Waals surface area contributed by atoms with Gasteiger partial charge in [-0.1, -0.05) is 25.1 Å². The van der Waals surface area contributed by atoms with Crippen LogP contribution in [0.4, 0.5) is 0 Å². The molecule has 0 bridgehead atoms. The molecule has 0 aliphatic heterocycles. The summed E-state index contributed by atoms with van der Waals surface area (Å²) in [7, 11) is 0. The van der Waals surface area contributed by atoms with Crippen molar-refractivity contribution in [2.75, 3.05) is 0 Å². The summed E-state index contributed by atoms with van der Waals surface area (Å²) < 4.78 is 0. The van der Waals surface area contributed by atoms with Crippen molar-refractivity contribution in [3.63, 3.8) is 0 Å². The van der Waals surface area contributed by atoms with E-state index in [-0.39, 0.29) is 12.4 Å². The Bertz CT molecular complexity index is 332. The molecule has 2 aromatic rings. The van der Waals surface area contributed by atoms with E-state index in [0.29, 0.717) is 0 Å². The number of para-hydroxylation sites is 1. The molecule has 0 saturated heterocycles. The fourth-order valence-corrected chi connectivity index (χ4v) is 1.32. The van der Waals surface area contributed by atoms with Crippen LogP contribution in [-0.4, -0.2) is 4.98 Å². The number of rotatable bonds is 1. The molecule has 0 saturated carbocycles. The minimum absolute atomic E-state index is 0. The highest BCUT2D eigenvalue weighted by Crippen LogP contribution is 2.14. The van der Waals surface area contributed by atoms with Crippen LogP contribution < -0.4 is 0 Å². The first-order valence-electron chi connectivity index (χ1n) is 3.97. The second-order valence-electron chi connectivity index (χ2n) is 2.74. The van der Waals surface area contributed by atoms with E-state index in [2.05, 4.69) is 42.2 Å². The van der Waals surface area contributed by atoms with Crippen molar-refractivity contribution < 1.29 is 0 Å². The van der Waals surface area contributed by atoms with Crippen LogP contribution in [0.15, 0.2) is 30.3 Å². The van der Waals surface area contributed by atoms with Gasteiger partial charge in [0.05, 0.1) is 0 Å². The van der Waals surface area contributed by atoms with Crippen molar-refractivity contribution in [2.24, 2.45) is 0 Å². The maximum Gasteiger partial charge on any atom is 0.0456 e. The molecule has 2 rings (SSSR count). The van der Waals surface area contributed by atoms with Gasteiger partial charge in [0.25, 0.3) is 0 Å². The maximum atomic E-state index is 3.35.